The molecular weight excluding hydrogens is 380 g/mol. The van der Waals surface area contributed by atoms with Crippen molar-refractivity contribution in [2.45, 2.75) is 52.6 Å². The van der Waals surface area contributed by atoms with Gasteiger partial charge in [-0.25, -0.2) is 0 Å². The number of nitrogens with zero attached hydrogens (tertiary/aromatic N) is 3. The number of morpholine rings is 1. The molecule has 2 heterocycles. The molecule has 1 amide bonds. The van der Waals surface area contributed by atoms with Crippen LogP contribution in [0.1, 0.15) is 51.5 Å². The molecule has 0 radical (unpaired) electrons. The first-order chi connectivity index (χ1) is 14.4. The molecule has 1 N–H and O–H groups in total. The molecular formula is C23H34N4O3. The fraction of sp³-hybridized carbons (Fsp3) is 0.609. The monoisotopic (exact) mass is 414 g/mol. The summed E-state index contributed by atoms with van der Waals surface area (Å²) in [4.78, 5) is 19.1. The van der Waals surface area contributed by atoms with Crippen LogP contribution < -0.4 is 5.32 Å². The van der Waals surface area contributed by atoms with Crippen LogP contribution in [0.15, 0.2) is 28.8 Å². The van der Waals surface area contributed by atoms with Crippen LogP contribution in [0.4, 0.5) is 0 Å². The molecule has 0 aliphatic carbocycles. The molecule has 30 heavy (non-hydrogen) atoms. The molecule has 0 saturated carbocycles. The molecule has 1 atom stereocenters. The summed E-state index contributed by atoms with van der Waals surface area (Å²) < 4.78 is 11.1. The van der Waals surface area contributed by atoms with Crippen molar-refractivity contribution in [3.8, 4) is 11.4 Å². The summed E-state index contributed by atoms with van der Waals surface area (Å²) in [7, 11) is 0. The van der Waals surface area contributed by atoms with Crippen LogP contribution in [-0.4, -0.2) is 59.8 Å². The van der Waals surface area contributed by atoms with Crippen molar-refractivity contribution in [1.82, 2.24) is 20.4 Å². The first-order valence-corrected chi connectivity index (χ1v) is 10.9. The lowest BCUT2D eigenvalue weighted by molar-refractivity contribution is -0.122. The van der Waals surface area contributed by atoms with E-state index in [0.717, 1.165) is 31.8 Å². The number of hydrogen-bond donors (Lipinski definition) is 1. The van der Waals surface area contributed by atoms with Crippen LogP contribution >= 0.6 is 0 Å². The van der Waals surface area contributed by atoms with E-state index in [4.69, 9.17) is 9.26 Å². The lowest BCUT2D eigenvalue weighted by Gasteiger charge is -2.33. The summed E-state index contributed by atoms with van der Waals surface area (Å²) in [6.07, 6.45) is 0.787. The van der Waals surface area contributed by atoms with Gasteiger partial charge in [0, 0.05) is 44.6 Å². The molecule has 1 aromatic heterocycles. The van der Waals surface area contributed by atoms with Crippen molar-refractivity contribution in [3.05, 3.63) is 35.7 Å². The number of carbonyl (C=O) groups is 1. The predicted octanol–water partition coefficient (Wildman–Crippen LogP) is 3.27. The Bertz CT molecular complexity index is 801. The van der Waals surface area contributed by atoms with Crippen molar-refractivity contribution in [3.63, 3.8) is 0 Å². The first kappa shape index (κ1) is 22.4. The number of carbonyl (C=O) groups excluding carboxylic acids is 1. The van der Waals surface area contributed by atoms with Crippen molar-refractivity contribution in [2.24, 2.45) is 5.92 Å². The van der Waals surface area contributed by atoms with Gasteiger partial charge in [0.05, 0.1) is 12.7 Å². The summed E-state index contributed by atoms with van der Waals surface area (Å²) >= 11 is 0. The number of aromatic nitrogens is 2. The van der Waals surface area contributed by atoms with Gasteiger partial charge in [-0.15, -0.1) is 0 Å². The maximum absolute atomic E-state index is 12.2. The number of benzene rings is 1. The summed E-state index contributed by atoms with van der Waals surface area (Å²) in [5.41, 5.74) is 2.19. The van der Waals surface area contributed by atoms with Crippen LogP contribution in [0.25, 0.3) is 11.4 Å². The molecule has 1 fully saturated rings. The number of ether oxygens (including phenoxy) is 1. The number of rotatable bonds is 9. The molecule has 1 aromatic carbocycles. The normalized spacial score (nSPS) is 17.6. The summed E-state index contributed by atoms with van der Waals surface area (Å²) in [5, 5.41) is 7.02. The minimum absolute atomic E-state index is 0.0272. The zero-order valence-electron chi connectivity index (χ0n) is 18.6. The smallest absolute Gasteiger partial charge is 0.227 e. The van der Waals surface area contributed by atoms with Crippen molar-refractivity contribution in [2.75, 3.05) is 32.8 Å². The second-order valence-corrected chi connectivity index (χ2v) is 8.74. The molecule has 0 bridgehead atoms. The Morgan fingerprint density at radius 3 is 2.70 bits per heavy atom. The number of aryl methyl sites for hydroxylation is 1. The van der Waals surface area contributed by atoms with Crippen molar-refractivity contribution in [1.29, 1.82) is 0 Å². The highest BCUT2D eigenvalue weighted by Crippen LogP contribution is 2.20. The highest BCUT2D eigenvalue weighted by molar-refractivity contribution is 5.76. The summed E-state index contributed by atoms with van der Waals surface area (Å²) in [6, 6.07) is 8.17. The fourth-order valence-corrected chi connectivity index (χ4v) is 3.61. The SMILES string of the molecule is CC(C)CN1CCOC(CNC(=O)CCc2nc(-c3ccc(C(C)C)cc3)no2)C1. The maximum atomic E-state index is 12.2. The topological polar surface area (TPSA) is 80.5 Å². The molecule has 1 aliphatic rings. The zero-order valence-corrected chi connectivity index (χ0v) is 18.6. The Labute approximate surface area is 179 Å². The van der Waals surface area contributed by atoms with Gasteiger partial charge in [0.1, 0.15) is 0 Å². The van der Waals surface area contributed by atoms with E-state index in [2.05, 4.69) is 60.2 Å². The van der Waals surface area contributed by atoms with Gasteiger partial charge in [-0.3, -0.25) is 9.69 Å². The van der Waals surface area contributed by atoms with Gasteiger partial charge in [-0.2, -0.15) is 4.98 Å². The first-order valence-electron chi connectivity index (χ1n) is 10.9. The maximum Gasteiger partial charge on any atom is 0.227 e. The molecule has 1 unspecified atom stereocenters. The molecule has 164 valence electrons. The minimum atomic E-state index is -0.0272. The zero-order chi connectivity index (χ0) is 21.5. The molecule has 0 spiro atoms. The van der Waals surface area contributed by atoms with Crippen LogP contribution in [0, 0.1) is 5.92 Å². The number of hydrogen-bond acceptors (Lipinski definition) is 6. The number of nitrogens with one attached hydrogen (secondary N) is 1. The Kier molecular flexibility index (Phi) is 7.99. The van der Waals surface area contributed by atoms with Crippen LogP contribution in [0.2, 0.25) is 0 Å². The third-order valence-electron chi connectivity index (χ3n) is 5.24. The molecule has 7 heteroatoms. The van der Waals surface area contributed by atoms with Gasteiger partial charge < -0.3 is 14.6 Å². The molecule has 7 nitrogen and oxygen atoms in total. The van der Waals surface area contributed by atoms with E-state index in [1.165, 1.54) is 5.56 Å². The van der Waals surface area contributed by atoms with E-state index >= 15 is 0 Å². The molecule has 1 aliphatic heterocycles. The third kappa shape index (κ3) is 6.64. The van der Waals surface area contributed by atoms with Crippen molar-refractivity contribution >= 4 is 5.91 Å². The lowest BCUT2D eigenvalue weighted by atomic mass is 10.0. The Morgan fingerprint density at radius 1 is 1.23 bits per heavy atom. The highest BCUT2D eigenvalue weighted by atomic mass is 16.5. The lowest BCUT2D eigenvalue weighted by Crippen LogP contribution is -2.48. The van der Waals surface area contributed by atoms with E-state index in [1.807, 2.05) is 12.1 Å². The second kappa shape index (κ2) is 10.7. The van der Waals surface area contributed by atoms with E-state index in [-0.39, 0.29) is 12.0 Å². The van der Waals surface area contributed by atoms with E-state index in [1.54, 1.807) is 0 Å². The molecule has 2 aromatic rings. The largest absolute Gasteiger partial charge is 0.374 e. The summed E-state index contributed by atoms with van der Waals surface area (Å²) in [5.74, 6) is 2.12. The Morgan fingerprint density at radius 2 is 2.00 bits per heavy atom. The predicted molar refractivity (Wildman–Crippen MR) is 116 cm³/mol. The van der Waals surface area contributed by atoms with Crippen molar-refractivity contribution < 1.29 is 14.1 Å². The second-order valence-electron chi connectivity index (χ2n) is 8.74. The van der Waals surface area contributed by atoms with Crippen LogP contribution in [-0.2, 0) is 16.0 Å². The highest BCUT2D eigenvalue weighted by Gasteiger charge is 2.21. The Balaban J connectivity index is 1.42. The fourth-order valence-electron chi connectivity index (χ4n) is 3.61. The van der Waals surface area contributed by atoms with Gasteiger partial charge in [0.25, 0.3) is 0 Å². The third-order valence-corrected chi connectivity index (χ3v) is 5.24. The van der Waals surface area contributed by atoms with Gasteiger partial charge in [0.15, 0.2) is 0 Å². The number of amides is 1. The average molecular weight is 415 g/mol. The van der Waals surface area contributed by atoms with Crippen LogP contribution in [0.3, 0.4) is 0 Å². The van der Waals surface area contributed by atoms with E-state index < -0.39 is 0 Å². The van der Waals surface area contributed by atoms with Gasteiger partial charge in [-0.1, -0.05) is 57.1 Å². The summed E-state index contributed by atoms with van der Waals surface area (Å²) in [6.45, 7) is 12.9. The van der Waals surface area contributed by atoms with E-state index in [0.29, 0.717) is 42.9 Å². The van der Waals surface area contributed by atoms with Gasteiger partial charge >= 0.3 is 0 Å². The molecule has 3 rings (SSSR count). The van der Waals surface area contributed by atoms with Gasteiger partial charge in [0.2, 0.25) is 17.6 Å². The van der Waals surface area contributed by atoms with Crippen LogP contribution in [0.5, 0.6) is 0 Å². The van der Waals surface area contributed by atoms with E-state index in [9.17, 15) is 4.79 Å². The quantitative estimate of drug-likeness (QED) is 0.678. The molecule has 1 saturated heterocycles. The van der Waals surface area contributed by atoms with Gasteiger partial charge in [-0.05, 0) is 17.4 Å². The standard InChI is InChI=1S/C23H34N4O3/c1-16(2)14-27-11-12-29-20(15-27)13-24-21(28)9-10-22-25-23(26-30-22)19-7-5-18(6-8-19)17(3)4/h5-8,16-17,20H,9-15H2,1-4H3,(H,24,28). The average Bonchev–Trinajstić information content (AvgIpc) is 3.20. The minimum Gasteiger partial charge on any atom is -0.374 e. The Hall–Kier alpha value is -2.25.